The van der Waals surface area contributed by atoms with E-state index in [1.165, 1.54) is 0 Å². The van der Waals surface area contributed by atoms with Crippen LogP contribution in [-0.4, -0.2) is 11.0 Å². The van der Waals surface area contributed by atoms with E-state index in [0.29, 0.717) is 6.42 Å². The van der Waals surface area contributed by atoms with Gasteiger partial charge in [-0.25, -0.2) is 0 Å². The van der Waals surface area contributed by atoms with Crippen LogP contribution in [0.1, 0.15) is 11.3 Å². The second kappa shape index (κ2) is 3.84. The van der Waals surface area contributed by atoms with Crippen molar-refractivity contribution in [1.82, 2.24) is 4.98 Å². The molecule has 62 valence electrons. The van der Waals surface area contributed by atoms with Gasteiger partial charge in [0, 0.05) is 18.3 Å². The minimum Gasteiger partial charge on any atom is -0.316 e. The van der Waals surface area contributed by atoms with Gasteiger partial charge in [0.1, 0.15) is 0 Å². The van der Waals surface area contributed by atoms with Crippen LogP contribution in [-0.2, 0) is 6.42 Å². The van der Waals surface area contributed by atoms with E-state index in [1.807, 2.05) is 25.1 Å². The van der Waals surface area contributed by atoms with E-state index in [4.69, 9.17) is 11.0 Å². The molecule has 0 saturated heterocycles. The molecule has 0 aliphatic rings. The van der Waals surface area contributed by atoms with E-state index in [1.54, 1.807) is 6.20 Å². The normalized spacial score (nSPS) is 12.1. The third-order valence-corrected chi connectivity index (χ3v) is 1.58. The lowest BCUT2D eigenvalue weighted by Crippen LogP contribution is -2.20. The first-order chi connectivity index (χ1) is 5.72. The first-order valence-corrected chi connectivity index (χ1v) is 3.79. The summed E-state index contributed by atoms with van der Waals surface area (Å²) in [6, 6.07) is 5.40. The van der Waals surface area contributed by atoms with Gasteiger partial charge in [-0.1, -0.05) is 0 Å². The number of rotatable bonds is 2. The Bertz CT molecular complexity index is 301. The molecule has 1 atom stereocenters. The highest BCUT2D eigenvalue weighted by molar-refractivity contribution is 5.17. The molecule has 1 unspecified atom stereocenters. The molecule has 2 N–H and O–H groups in total. The molecule has 0 saturated carbocycles. The molecule has 1 rings (SSSR count). The van der Waals surface area contributed by atoms with Gasteiger partial charge in [-0.05, 0) is 24.6 Å². The van der Waals surface area contributed by atoms with Crippen LogP contribution in [0.2, 0.25) is 0 Å². The van der Waals surface area contributed by atoms with Crippen molar-refractivity contribution in [1.29, 1.82) is 5.26 Å². The Kier molecular flexibility index (Phi) is 2.78. The second-order valence-corrected chi connectivity index (χ2v) is 2.75. The molecule has 1 aromatic heterocycles. The number of aryl methyl sites for hydroxylation is 1. The quantitative estimate of drug-likeness (QED) is 0.697. The van der Waals surface area contributed by atoms with Gasteiger partial charge in [0.05, 0.1) is 12.1 Å². The molecule has 0 spiro atoms. The maximum atomic E-state index is 8.47. The van der Waals surface area contributed by atoms with E-state index < -0.39 is 6.04 Å². The van der Waals surface area contributed by atoms with Crippen LogP contribution in [0.5, 0.6) is 0 Å². The summed E-state index contributed by atoms with van der Waals surface area (Å²) in [6.45, 7) is 1.92. The van der Waals surface area contributed by atoms with Gasteiger partial charge in [-0.2, -0.15) is 5.26 Å². The van der Waals surface area contributed by atoms with E-state index in [0.717, 1.165) is 11.3 Å². The summed E-state index contributed by atoms with van der Waals surface area (Å²) in [5.41, 5.74) is 7.50. The lowest BCUT2D eigenvalue weighted by atomic mass is 10.1. The zero-order valence-corrected chi connectivity index (χ0v) is 6.99. The van der Waals surface area contributed by atoms with Crippen molar-refractivity contribution >= 4 is 0 Å². The predicted molar refractivity (Wildman–Crippen MR) is 46.3 cm³/mol. The molecule has 0 amide bonds. The topological polar surface area (TPSA) is 62.7 Å². The highest BCUT2D eigenvalue weighted by Gasteiger charge is 2.01. The highest BCUT2D eigenvalue weighted by Crippen LogP contribution is 2.02. The molecule has 0 fully saturated rings. The molecule has 0 bridgehead atoms. The van der Waals surface area contributed by atoms with Crippen LogP contribution >= 0.6 is 0 Å². The molecule has 12 heavy (non-hydrogen) atoms. The number of nitrogens with two attached hydrogens (primary N) is 1. The van der Waals surface area contributed by atoms with Crippen LogP contribution in [0.4, 0.5) is 0 Å². The molecule has 0 aromatic carbocycles. The molecule has 1 heterocycles. The van der Waals surface area contributed by atoms with E-state index in [2.05, 4.69) is 4.98 Å². The van der Waals surface area contributed by atoms with Crippen molar-refractivity contribution < 1.29 is 0 Å². The molecule has 3 heteroatoms. The van der Waals surface area contributed by atoms with Crippen molar-refractivity contribution in [2.75, 3.05) is 0 Å². The fourth-order valence-electron chi connectivity index (χ4n) is 1.03. The summed E-state index contributed by atoms with van der Waals surface area (Å²) in [4.78, 5) is 4.05. The van der Waals surface area contributed by atoms with E-state index in [9.17, 15) is 0 Å². The maximum absolute atomic E-state index is 8.47. The van der Waals surface area contributed by atoms with Gasteiger partial charge >= 0.3 is 0 Å². The van der Waals surface area contributed by atoms with E-state index in [-0.39, 0.29) is 0 Å². The first kappa shape index (κ1) is 8.69. The summed E-state index contributed by atoms with van der Waals surface area (Å²) >= 11 is 0. The minimum absolute atomic E-state index is 0.410. The fourth-order valence-corrected chi connectivity index (χ4v) is 1.03. The zero-order valence-electron chi connectivity index (χ0n) is 6.99. The van der Waals surface area contributed by atoms with E-state index >= 15 is 0 Å². The molecule has 1 aromatic rings. The average Bonchev–Trinajstić information content (AvgIpc) is 2.04. The van der Waals surface area contributed by atoms with Crippen molar-refractivity contribution in [3.05, 3.63) is 29.6 Å². The lowest BCUT2D eigenvalue weighted by molar-refractivity contribution is 0.820. The molecular formula is C9H11N3. The van der Waals surface area contributed by atoms with Crippen molar-refractivity contribution in [2.45, 2.75) is 19.4 Å². The van der Waals surface area contributed by atoms with Gasteiger partial charge in [0.15, 0.2) is 0 Å². The van der Waals surface area contributed by atoms with Gasteiger partial charge < -0.3 is 5.73 Å². The summed E-state index contributed by atoms with van der Waals surface area (Å²) in [5, 5.41) is 8.47. The predicted octanol–water partition coefficient (Wildman–Crippen LogP) is 0.783. The standard InChI is InChI=1S/C9H11N3/c1-7-4-8(2-3-12-7)5-9(11)6-10/h2-4,9H,5,11H2,1H3. The van der Waals surface area contributed by atoms with Crippen molar-refractivity contribution in [3.8, 4) is 6.07 Å². The van der Waals surface area contributed by atoms with Crippen LogP contribution in [0.15, 0.2) is 18.3 Å². The molecule has 0 aliphatic heterocycles. The minimum atomic E-state index is -0.410. The number of pyridine rings is 1. The lowest BCUT2D eigenvalue weighted by Gasteiger charge is -2.02. The summed E-state index contributed by atoms with van der Waals surface area (Å²) in [6.07, 6.45) is 2.33. The van der Waals surface area contributed by atoms with Gasteiger partial charge in [-0.3, -0.25) is 4.98 Å². The van der Waals surface area contributed by atoms with Crippen molar-refractivity contribution in [3.63, 3.8) is 0 Å². The van der Waals surface area contributed by atoms with Gasteiger partial charge in [-0.15, -0.1) is 0 Å². The van der Waals surface area contributed by atoms with Crippen LogP contribution in [0.3, 0.4) is 0 Å². The molecule has 0 aliphatic carbocycles. The Labute approximate surface area is 71.8 Å². The smallest absolute Gasteiger partial charge is 0.0968 e. The van der Waals surface area contributed by atoms with Gasteiger partial charge in [0.25, 0.3) is 0 Å². The van der Waals surface area contributed by atoms with Crippen LogP contribution < -0.4 is 5.73 Å². The highest BCUT2D eigenvalue weighted by atomic mass is 14.7. The Hall–Kier alpha value is -1.40. The second-order valence-electron chi connectivity index (χ2n) is 2.75. The fraction of sp³-hybridized carbons (Fsp3) is 0.333. The number of hydrogen-bond acceptors (Lipinski definition) is 3. The molecule has 0 radical (unpaired) electrons. The van der Waals surface area contributed by atoms with Crippen LogP contribution in [0, 0.1) is 18.3 Å². The number of hydrogen-bond donors (Lipinski definition) is 1. The number of nitrogens with zero attached hydrogens (tertiary/aromatic N) is 2. The Morgan fingerprint density at radius 2 is 2.50 bits per heavy atom. The SMILES string of the molecule is Cc1cc(CC(N)C#N)ccn1. The molecule has 3 nitrogen and oxygen atoms in total. The summed E-state index contributed by atoms with van der Waals surface area (Å²) in [5.74, 6) is 0. The van der Waals surface area contributed by atoms with Crippen LogP contribution in [0.25, 0.3) is 0 Å². The maximum Gasteiger partial charge on any atom is 0.0968 e. The number of aromatic nitrogens is 1. The molecular weight excluding hydrogens is 150 g/mol. The summed E-state index contributed by atoms with van der Waals surface area (Å²) in [7, 11) is 0. The Morgan fingerprint density at radius 3 is 3.08 bits per heavy atom. The monoisotopic (exact) mass is 161 g/mol. The van der Waals surface area contributed by atoms with Crippen molar-refractivity contribution in [2.24, 2.45) is 5.73 Å². The number of nitriles is 1. The average molecular weight is 161 g/mol. The third-order valence-electron chi connectivity index (χ3n) is 1.58. The van der Waals surface area contributed by atoms with Gasteiger partial charge in [0.2, 0.25) is 0 Å². The summed E-state index contributed by atoms with van der Waals surface area (Å²) < 4.78 is 0. The largest absolute Gasteiger partial charge is 0.316 e. The Morgan fingerprint density at radius 1 is 1.75 bits per heavy atom. The first-order valence-electron chi connectivity index (χ1n) is 3.79. The third kappa shape index (κ3) is 2.33. The zero-order chi connectivity index (χ0) is 8.97. The Balaban J connectivity index is 2.71.